The summed E-state index contributed by atoms with van der Waals surface area (Å²) >= 11 is 0. The number of imidazole rings is 1. The van der Waals surface area contributed by atoms with Gasteiger partial charge in [0.2, 0.25) is 0 Å². The first-order valence-corrected chi connectivity index (χ1v) is 3.71. The average molecular weight is 180 g/mol. The standard InChI is InChI=1S/C7H8N4O2/c1-11-4-8-2-5(11)7-9-6(3-12)10-13-7/h2,4,12H,3H2,1H3. The molecule has 1 N–H and O–H groups in total. The highest BCUT2D eigenvalue weighted by atomic mass is 16.5. The fraction of sp³-hybridized carbons (Fsp3) is 0.286. The number of aliphatic hydroxyl groups is 1. The Morgan fingerprint density at radius 1 is 1.62 bits per heavy atom. The van der Waals surface area contributed by atoms with Gasteiger partial charge in [-0.15, -0.1) is 0 Å². The Balaban J connectivity index is 2.41. The van der Waals surface area contributed by atoms with Gasteiger partial charge in [0.25, 0.3) is 5.89 Å². The molecule has 2 heterocycles. The third-order valence-electron chi connectivity index (χ3n) is 1.65. The van der Waals surface area contributed by atoms with Crippen molar-refractivity contribution in [2.24, 2.45) is 7.05 Å². The van der Waals surface area contributed by atoms with Crippen molar-refractivity contribution in [2.45, 2.75) is 6.61 Å². The predicted molar refractivity (Wildman–Crippen MR) is 42.4 cm³/mol. The number of rotatable bonds is 2. The first kappa shape index (κ1) is 7.93. The molecule has 0 aliphatic heterocycles. The SMILES string of the molecule is Cn1cncc1-c1nc(CO)no1. The zero-order valence-electron chi connectivity index (χ0n) is 7.01. The molecule has 0 fully saturated rings. The van der Waals surface area contributed by atoms with E-state index >= 15 is 0 Å². The Hall–Kier alpha value is -1.69. The fourth-order valence-electron chi connectivity index (χ4n) is 0.986. The van der Waals surface area contributed by atoms with Crippen LogP contribution in [0.4, 0.5) is 0 Å². The smallest absolute Gasteiger partial charge is 0.276 e. The first-order chi connectivity index (χ1) is 6.31. The second-order valence-electron chi connectivity index (χ2n) is 2.56. The molecule has 0 atom stereocenters. The van der Waals surface area contributed by atoms with Crippen molar-refractivity contribution in [1.29, 1.82) is 0 Å². The average Bonchev–Trinajstić information content (AvgIpc) is 2.71. The molecule has 0 aliphatic carbocycles. The monoisotopic (exact) mass is 180 g/mol. The van der Waals surface area contributed by atoms with Crippen molar-refractivity contribution >= 4 is 0 Å². The summed E-state index contributed by atoms with van der Waals surface area (Å²) in [6.45, 7) is -0.221. The van der Waals surface area contributed by atoms with Gasteiger partial charge in [-0.25, -0.2) is 4.98 Å². The zero-order chi connectivity index (χ0) is 9.26. The van der Waals surface area contributed by atoms with Gasteiger partial charge in [-0.05, 0) is 0 Å². The lowest BCUT2D eigenvalue weighted by molar-refractivity contribution is 0.264. The first-order valence-electron chi connectivity index (χ1n) is 3.71. The van der Waals surface area contributed by atoms with E-state index in [-0.39, 0.29) is 12.4 Å². The largest absolute Gasteiger partial charge is 0.388 e. The second-order valence-corrected chi connectivity index (χ2v) is 2.56. The molecule has 2 aromatic heterocycles. The van der Waals surface area contributed by atoms with Gasteiger partial charge >= 0.3 is 0 Å². The van der Waals surface area contributed by atoms with Crippen LogP contribution in [0, 0.1) is 0 Å². The van der Waals surface area contributed by atoms with Gasteiger partial charge in [0, 0.05) is 7.05 Å². The van der Waals surface area contributed by atoms with Crippen LogP contribution in [-0.2, 0) is 13.7 Å². The van der Waals surface area contributed by atoms with Crippen molar-refractivity contribution in [2.75, 3.05) is 0 Å². The minimum absolute atomic E-state index is 0.221. The molecule has 0 aromatic carbocycles. The third-order valence-corrected chi connectivity index (χ3v) is 1.65. The van der Waals surface area contributed by atoms with Crippen LogP contribution in [-0.4, -0.2) is 24.8 Å². The van der Waals surface area contributed by atoms with Gasteiger partial charge in [-0.3, -0.25) is 0 Å². The van der Waals surface area contributed by atoms with Crippen LogP contribution < -0.4 is 0 Å². The van der Waals surface area contributed by atoms with Crippen molar-refractivity contribution in [3.8, 4) is 11.6 Å². The lowest BCUT2D eigenvalue weighted by atomic mass is 10.4. The van der Waals surface area contributed by atoms with Crippen molar-refractivity contribution < 1.29 is 9.63 Å². The van der Waals surface area contributed by atoms with Gasteiger partial charge in [-0.1, -0.05) is 5.16 Å². The highest BCUT2D eigenvalue weighted by Crippen LogP contribution is 2.14. The van der Waals surface area contributed by atoms with Gasteiger partial charge in [0.15, 0.2) is 5.82 Å². The molecular formula is C7H8N4O2. The van der Waals surface area contributed by atoms with Crippen molar-refractivity contribution in [1.82, 2.24) is 19.7 Å². The molecule has 0 saturated heterocycles. The topological polar surface area (TPSA) is 77.0 Å². The zero-order valence-corrected chi connectivity index (χ0v) is 7.01. The second kappa shape index (κ2) is 2.98. The van der Waals surface area contributed by atoms with E-state index in [4.69, 9.17) is 9.63 Å². The Morgan fingerprint density at radius 3 is 3.00 bits per heavy atom. The Bertz CT molecular complexity index is 406. The third kappa shape index (κ3) is 1.31. The minimum atomic E-state index is -0.221. The highest BCUT2D eigenvalue weighted by molar-refractivity contribution is 5.45. The molecule has 2 rings (SSSR count). The van der Waals surface area contributed by atoms with Crippen LogP contribution in [0.5, 0.6) is 0 Å². The molecule has 0 spiro atoms. The molecule has 13 heavy (non-hydrogen) atoms. The molecule has 2 aromatic rings. The van der Waals surface area contributed by atoms with Crippen LogP contribution in [0.15, 0.2) is 17.0 Å². The van der Waals surface area contributed by atoms with Crippen LogP contribution in [0.25, 0.3) is 11.6 Å². The number of nitrogens with zero attached hydrogens (tertiary/aromatic N) is 4. The van der Waals surface area contributed by atoms with Crippen LogP contribution >= 0.6 is 0 Å². The molecule has 0 saturated carbocycles. The van der Waals surface area contributed by atoms with E-state index in [0.29, 0.717) is 5.89 Å². The predicted octanol–water partition coefficient (Wildman–Crippen LogP) is -0.0376. The van der Waals surface area contributed by atoms with E-state index in [9.17, 15) is 0 Å². The number of aliphatic hydroxyl groups excluding tert-OH is 1. The molecule has 0 amide bonds. The maximum Gasteiger partial charge on any atom is 0.276 e. The molecule has 0 radical (unpaired) electrons. The van der Waals surface area contributed by atoms with Gasteiger partial charge in [-0.2, -0.15) is 4.98 Å². The Morgan fingerprint density at radius 2 is 2.46 bits per heavy atom. The summed E-state index contributed by atoms with van der Waals surface area (Å²) in [5, 5.41) is 12.3. The van der Waals surface area contributed by atoms with Crippen LogP contribution in [0.3, 0.4) is 0 Å². The molecular weight excluding hydrogens is 172 g/mol. The van der Waals surface area contributed by atoms with E-state index in [1.165, 1.54) is 0 Å². The summed E-state index contributed by atoms with van der Waals surface area (Å²) < 4.78 is 6.66. The molecule has 0 unspecified atom stereocenters. The highest BCUT2D eigenvalue weighted by Gasteiger charge is 2.10. The van der Waals surface area contributed by atoms with Crippen molar-refractivity contribution in [3.63, 3.8) is 0 Å². The molecule has 0 bridgehead atoms. The molecule has 6 heteroatoms. The quantitative estimate of drug-likeness (QED) is 0.701. The number of aromatic nitrogens is 4. The number of aryl methyl sites for hydroxylation is 1. The molecule has 6 nitrogen and oxygen atoms in total. The minimum Gasteiger partial charge on any atom is -0.388 e. The Kier molecular flexibility index (Phi) is 1.82. The fourth-order valence-corrected chi connectivity index (χ4v) is 0.986. The van der Waals surface area contributed by atoms with Crippen molar-refractivity contribution in [3.05, 3.63) is 18.3 Å². The summed E-state index contributed by atoms with van der Waals surface area (Å²) in [5.41, 5.74) is 0.729. The van der Waals surface area contributed by atoms with E-state index < -0.39 is 0 Å². The summed E-state index contributed by atoms with van der Waals surface area (Å²) in [4.78, 5) is 7.85. The van der Waals surface area contributed by atoms with Gasteiger partial charge in [0.05, 0.1) is 12.5 Å². The maximum absolute atomic E-state index is 8.71. The van der Waals surface area contributed by atoms with E-state index in [2.05, 4.69) is 15.1 Å². The van der Waals surface area contributed by atoms with Gasteiger partial charge < -0.3 is 14.2 Å². The summed E-state index contributed by atoms with van der Waals surface area (Å²) in [6, 6.07) is 0. The summed E-state index contributed by atoms with van der Waals surface area (Å²) in [6.07, 6.45) is 3.26. The summed E-state index contributed by atoms with van der Waals surface area (Å²) in [7, 11) is 1.82. The lowest BCUT2D eigenvalue weighted by Crippen LogP contribution is -1.90. The van der Waals surface area contributed by atoms with E-state index in [0.717, 1.165) is 5.69 Å². The molecule has 68 valence electrons. The van der Waals surface area contributed by atoms with Crippen LogP contribution in [0.2, 0.25) is 0 Å². The maximum atomic E-state index is 8.71. The molecule has 0 aliphatic rings. The van der Waals surface area contributed by atoms with Gasteiger partial charge in [0.1, 0.15) is 12.3 Å². The summed E-state index contributed by atoms with van der Waals surface area (Å²) in [5.74, 6) is 0.639. The number of hydrogen-bond acceptors (Lipinski definition) is 5. The lowest BCUT2D eigenvalue weighted by Gasteiger charge is -1.92. The van der Waals surface area contributed by atoms with E-state index in [1.807, 2.05) is 7.05 Å². The normalized spacial score (nSPS) is 10.6. The Labute approximate surface area is 73.8 Å². The number of hydrogen-bond donors (Lipinski definition) is 1. The van der Waals surface area contributed by atoms with E-state index in [1.54, 1.807) is 17.1 Å². The van der Waals surface area contributed by atoms with Crippen LogP contribution in [0.1, 0.15) is 5.82 Å².